The third-order valence-electron chi connectivity index (χ3n) is 5.09. The highest BCUT2D eigenvalue weighted by Gasteiger charge is 2.45. The summed E-state index contributed by atoms with van der Waals surface area (Å²) in [6.07, 6.45) is 0.592. The molecule has 1 aliphatic rings. The average Bonchev–Trinajstić information content (AvgIpc) is 2.99. The van der Waals surface area contributed by atoms with Crippen molar-refractivity contribution in [2.75, 3.05) is 27.4 Å². The van der Waals surface area contributed by atoms with Crippen LogP contribution in [0.5, 0.6) is 5.75 Å². The number of hydrogen-bond donors (Lipinski definition) is 1. The van der Waals surface area contributed by atoms with Crippen molar-refractivity contribution >= 4 is 17.4 Å². The van der Waals surface area contributed by atoms with Gasteiger partial charge in [-0.25, -0.2) is 0 Å². The molecule has 152 valence electrons. The molecule has 29 heavy (non-hydrogen) atoms. The number of ketones is 1. The molecule has 0 radical (unpaired) electrons. The standard InChI is InChI=1S/C23H25NO5/c1-15-14-17(29-3)10-11-18(15)21(25)19-20(16-8-5-4-6-9-16)24(12-7-13-28-2)23(27)22(19)26/h4-6,8-11,14,20,25H,7,12-13H2,1-3H3/t20-/m0/s1. The molecule has 6 heteroatoms. The first-order chi connectivity index (χ1) is 14.0. The molecule has 0 saturated carbocycles. The van der Waals surface area contributed by atoms with E-state index in [-0.39, 0.29) is 11.3 Å². The fourth-order valence-corrected chi connectivity index (χ4v) is 3.65. The minimum atomic E-state index is -0.677. The number of aryl methyl sites for hydroxylation is 1. The molecule has 0 aromatic heterocycles. The molecular weight excluding hydrogens is 370 g/mol. The molecule has 1 aliphatic heterocycles. The summed E-state index contributed by atoms with van der Waals surface area (Å²) < 4.78 is 10.3. The van der Waals surface area contributed by atoms with Crippen molar-refractivity contribution in [3.8, 4) is 5.75 Å². The number of carbonyl (C=O) groups excluding carboxylic acids is 2. The molecular formula is C23H25NO5. The maximum Gasteiger partial charge on any atom is 0.295 e. The van der Waals surface area contributed by atoms with Gasteiger partial charge in [0, 0.05) is 25.8 Å². The zero-order valence-corrected chi connectivity index (χ0v) is 16.8. The molecule has 1 atom stereocenters. The van der Waals surface area contributed by atoms with Crippen molar-refractivity contribution in [2.24, 2.45) is 0 Å². The number of ether oxygens (including phenoxy) is 2. The van der Waals surface area contributed by atoms with Crippen LogP contribution >= 0.6 is 0 Å². The summed E-state index contributed by atoms with van der Waals surface area (Å²) in [5.41, 5.74) is 2.13. The monoisotopic (exact) mass is 395 g/mol. The van der Waals surface area contributed by atoms with Gasteiger partial charge in [-0.05, 0) is 42.7 Å². The summed E-state index contributed by atoms with van der Waals surface area (Å²) in [6.45, 7) is 2.65. The van der Waals surface area contributed by atoms with Crippen molar-refractivity contribution in [1.82, 2.24) is 4.90 Å². The molecule has 1 saturated heterocycles. The fourth-order valence-electron chi connectivity index (χ4n) is 3.65. The Hall–Kier alpha value is -3.12. The van der Waals surface area contributed by atoms with E-state index in [1.165, 1.54) is 4.90 Å². The van der Waals surface area contributed by atoms with Gasteiger partial charge in [0.05, 0.1) is 18.7 Å². The second kappa shape index (κ2) is 8.92. The molecule has 0 bridgehead atoms. The smallest absolute Gasteiger partial charge is 0.295 e. The van der Waals surface area contributed by atoms with Gasteiger partial charge in [0.25, 0.3) is 11.7 Å². The van der Waals surface area contributed by atoms with Crippen molar-refractivity contribution in [1.29, 1.82) is 0 Å². The van der Waals surface area contributed by atoms with E-state index in [1.807, 2.05) is 37.3 Å². The van der Waals surface area contributed by atoms with Gasteiger partial charge in [0.15, 0.2) is 0 Å². The molecule has 1 amide bonds. The van der Waals surface area contributed by atoms with E-state index in [1.54, 1.807) is 32.4 Å². The second-order valence-electron chi connectivity index (χ2n) is 6.93. The maximum absolute atomic E-state index is 12.9. The van der Waals surface area contributed by atoms with Gasteiger partial charge in [-0.1, -0.05) is 30.3 Å². The van der Waals surface area contributed by atoms with E-state index in [4.69, 9.17) is 9.47 Å². The highest BCUT2D eigenvalue weighted by atomic mass is 16.5. The first-order valence-electron chi connectivity index (χ1n) is 9.47. The van der Waals surface area contributed by atoms with Crippen LogP contribution in [0, 0.1) is 6.92 Å². The SMILES string of the molecule is COCCCN1C(=O)C(=O)C(=C(O)c2ccc(OC)cc2C)[C@@H]1c1ccccc1. The minimum Gasteiger partial charge on any atom is -0.507 e. The topological polar surface area (TPSA) is 76.1 Å². The number of aliphatic hydroxyl groups is 1. The largest absolute Gasteiger partial charge is 0.507 e. The van der Waals surface area contributed by atoms with Crippen LogP contribution in [0.3, 0.4) is 0 Å². The molecule has 1 N–H and O–H groups in total. The van der Waals surface area contributed by atoms with Crippen LogP contribution in [0.1, 0.15) is 29.2 Å². The summed E-state index contributed by atoms with van der Waals surface area (Å²) in [5, 5.41) is 11.1. The zero-order valence-electron chi connectivity index (χ0n) is 16.8. The van der Waals surface area contributed by atoms with Crippen LogP contribution < -0.4 is 4.74 Å². The lowest BCUT2D eigenvalue weighted by Gasteiger charge is -2.25. The lowest BCUT2D eigenvalue weighted by molar-refractivity contribution is -0.140. The number of likely N-dealkylation sites (tertiary alicyclic amines) is 1. The van der Waals surface area contributed by atoms with E-state index < -0.39 is 17.7 Å². The average molecular weight is 395 g/mol. The molecule has 2 aromatic carbocycles. The Morgan fingerprint density at radius 3 is 2.45 bits per heavy atom. The van der Waals surface area contributed by atoms with E-state index in [2.05, 4.69) is 0 Å². The normalized spacial score (nSPS) is 18.3. The number of hydrogen-bond acceptors (Lipinski definition) is 5. The number of aliphatic hydroxyl groups excluding tert-OH is 1. The molecule has 0 unspecified atom stereocenters. The summed E-state index contributed by atoms with van der Waals surface area (Å²) >= 11 is 0. The molecule has 0 spiro atoms. The number of amides is 1. The molecule has 3 rings (SSSR count). The Balaban J connectivity index is 2.12. The van der Waals surface area contributed by atoms with Gasteiger partial charge in [-0.15, -0.1) is 0 Å². The minimum absolute atomic E-state index is 0.104. The van der Waals surface area contributed by atoms with Gasteiger partial charge in [0.1, 0.15) is 11.5 Å². The van der Waals surface area contributed by atoms with Crippen LogP contribution in [-0.4, -0.2) is 49.1 Å². The lowest BCUT2D eigenvalue weighted by atomic mass is 9.94. The predicted molar refractivity (Wildman–Crippen MR) is 110 cm³/mol. The van der Waals surface area contributed by atoms with Crippen LogP contribution in [-0.2, 0) is 14.3 Å². The lowest BCUT2D eigenvalue weighted by Crippen LogP contribution is -2.31. The summed E-state index contributed by atoms with van der Waals surface area (Å²) in [4.78, 5) is 27.2. The Labute approximate surface area is 170 Å². The Morgan fingerprint density at radius 2 is 1.83 bits per heavy atom. The van der Waals surface area contributed by atoms with E-state index >= 15 is 0 Å². The number of methoxy groups -OCH3 is 2. The van der Waals surface area contributed by atoms with Crippen molar-refractivity contribution in [3.63, 3.8) is 0 Å². The first-order valence-corrected chi connectivity index (χ1v) is 9.47. The number of carbonyl (C=O) groups is 2. The highest BCUT2D eigenvalue weighted by molar-refractivity contribution is 6.46. The van der Waals surface area contributed by atoms with Gasteiger partial charge in [0.2, 0.25) is 0 Å². The van der Waals surface area contributed by atoms with Gasteiger partial charge < -0.3 is 19.5 Å². The molecule has 0 aliphatic carbocycles. The van der Waals surface area contributed by atoms with Crippen molar-refractivity contribution < 1.29 is 24.2 Å². The third kappa shape index (κ3) is 4.03. The number of Topliss-reactive ketones (excluding diaryl/α,β-unsaturated/α-hetero) is 1. The Kier molecular flexibility index (Phi) is 6.34. The zero-order chi connectivity index (χ0) is 21.0. The van der Waals surface area contributed by atoms with Crippen LogP contribution in [0.4, 0.5) is 0 Å². The second-order valence-corrected chi connectivity index (χ2v) is 6.93. The quantitative estimate of drug-likeness (QED) is 0.336. The summed E-state index contributed by atoms with van der Waals surface area (Å²) in [6, 6.07) is 13.8. The van der Waals surface area contributed by atoms with E-state index in [0.29, 0.717) is 30.9 Å². The fraction of sp³-hybridized carbons (Fsp3) is 0.304. The molecule has 2 aromatic rings. The number of rotatable bonds is 7. The van der Waals surface area contributed by atoms with E-state index in [9.17, 15) is 14.7 Å². The summed E-state index contributed by atoms with van der Waals surface area (Å²) in [5.74, 6) is -0.808. The van der Waals surface area contributed by atoms with Crippen molar-refractivity contribution in [2.45, 2.75) is 19.4 Å². The Morgan fingerprint density at radius 1 is 1.10 bits per heavy atom. The van der Waals surface area contributed by atoms with Crippen LogP contribution in [0.25, 0.3) is 5.76 Å². The van der Waals surface area contributed by atoms with Gasteiger partial charge in [-0.2, -0.15) is 0 Å². The number of benzene rings is 2. The summed E-state index contributed by atoms with van der Waals surface area (Å²) in [7, 11) is 3.16. The maximum atomic E-state index is 12.9. The van der Waals surface area contributed by atoms with Crippen molar-refractivity contribution in [3.05, 3.63) is 70.8 Å². The molecule has 6 nitrogen and oxygen atoms in total. The highest BCUT2D eigenvalue weighted by Crippen LogP contribution is 2.40. The molecule has 1 heterocycles. The van der Waals surface area contributed by atoms with Gasteiger partial charge >= 0.3 is 0 Å². The molecule has 1 fully saturated rings. The third-order valence-corrected chi connectivity index (χ3v) is 5.09. The van der Waals surface area contributed by atoms with Gasteiger partial charge in [-0.3, -0.25) is 9.59 Å². The predicted octanol–water partition coefficient (Wildman–Crippen LogP) is 3.46. The Bertz CT molecular complexity index is 936. The first kappa shape index (κ1) is 20.6. The number of nitrogens with zero attached hydrogens (tertiary/aromatic N) is 1. The van der Waals surface area contributed by atoms with Crippen LogP contribution in [0.2, 0.25) is 0 Å². The van der Waals surface area contributed by atoms with Crippen LogP contribution in [0.15, 0.2) is 54.1 Å². The van der Waals surface area contributed by atoms with E-state index in [0.717, 1.165) is 11.1 Å².